The van der Waals surface area contributed by atoms with Crippen LogP contribution in [-0.2, 0) is 11.3 Å². The van der Waals surface area contributed by atoms with E-state index in [1.807, 2.05) is 24.4 Å². The summed E-state index contributed by atoms with van der Waals surface area (Å²) in [6.45, 7) is 11.0. The number of anilines is 2. The molecule has 1 N–H and O–H groups in total. The third-order valence-electron chi connectivity index (χ3n) is 8.67. The van der Waals surface area contributed by atoms with Crippen LogP contribution in [0.15, 0.2) is 84.7 Å². The van der Waals surface area contributed by atoms with Crippen LogP contribution >= 0.6 is 0 Å². The van der Waals surface area contributed by atoms with Gasteiger partial charge in [0.2, 0.25) is 17.8 Å². The van der Waals surface area contributed by atoms with Crippen molar-refractivity contribution in [1.29, 1.82) is 0 Å². The van der Waals surface area contributed by atoms with Gasteiger partial charge in [0, 0.05) is 81.8 Å². The van der Waals surface area contributed by atoms with Gasteiger partial charge in [0.15, 0.2) is 5.65 Å². The second-order valence-electron chi connectivity index (χ2n) is 12.4. The quantitative estimate of drug-likeness (QED) is 0.195. The number of pyridine rings is 1. The van der Waals surface area contributed by atoms with Crippen LogP contribution in [0.25, 0.3) is 11.2 Å². The number of piperazine rings is 1. The van der Waals surface area contributed by atoms with Gasteiger partial charge in [0.1, 0.15) is 0 Å². The van der Waals surface area contributed by atoms with E-state index >= 15 is 0 Å². The molecule has 8 nitrogen and oxygen atoms in total. The summed E-state index contributed by atoms with van der Waals surface area (Å²) < 4.78 is 28.2. The minimum atomic E-state index is -2.83. The summed E-state index contributed by atoms with van der Waals surface area (Å²) in [5.74, 6) is -2.56. The molecule has 0 unspecified atom stereocenters. The molecule has 2 aliphatic heterocycles. The van der Waals surface area contributed by atoms with Gasteiger partial charge in [-0.05, 0) is 68.2 Å². The SMILES string of the molecule is C\C=C(/C=C\C=C\CCC)N1CCN(Cc2ccc(Nc3nc4c(C5=CCN(C(=O)CCC(C)(F)F)CC5)cccn4n3)cc2)CC1. The largest absolute Gasteiger partial charge is 0.369 e. The molecule has 1 fully saturated rings. The summed E-state index contributed by atoms with van der Waals surface area (Å²) in [7, 11) is 0. The molecule has 250 valence electrons. The Bertz CT molecular complexity index is 1610. The highest BCUT2D eigenvalue weighted by molar-refractivity contribution is 5.81. The Morgan fingerprint density at radius 3 is 2.51 bits per heavy atom. The van der Waals surface area contributed by atoms with E-state index < -0.39 is 12.3 Å². The number of carbonyl (C=O) groups is 1. The Labute approximate surface area is 277 Å². The molecule has 0 spiro atoms. The summed E-state index contributed by atoms with van der Waals surface area (Å²) in [4.78, 5) is 23.8. The van der Waals surface area contributed by atoms with Gasteiger partial charge in [0.05, 0.1) is 0 Å². The summed E-state index contributed by atoms with van der Waals surface area (Å²) in [6, 6.07) is 12.4. The number of nitrogens with zero attached hydrogens (tertiary/aromatic N) is 6. The number of carbonyl (C=O) groups excluding carboxylic acids is 1. The van der Waals surface area contributed by atoms with Gasteiger partial charge in [0.25, 0.3) is 0 Å². The molecule has 2 aromatic heterocycles. The third kappa shape index (κ3) is 9.60. The topological polar surface area (TPSA) is 69.0 Å². The van der Waals surface area contributed by atoms with Crippen molar-refractivity contribution < 1.29 is 13.6 Å². The van der Waals surface area contributed by atoms with Gasteiger partial charge in [-0.15, -0.1) is 5.10 Å². The zero-order chi connectivity index (χ0) is 33.2. The van der Waals surface area contributed by atoms with Crippen LogP contribution in [0.3, 0.4) is 0 Å². The zero-order valence-electron chi connectivity index (χ0n) is 27.8. The molecule has 10 heteroatoms. The second-order valence-corrected chi connectivity index (χ2v) is 12.4. The monoisotopic (exact) mass is 643 g/mol. The van der Waals surface area contributed by atoms with Gasteiger partial charge in [-0.1, -0.05) is 55.9 Å². The van der Waals surface area contributed by atoms with E-state index in [0.29, 0.717) is 25.5 Å². The second kappa shape index (κ2) is 16.0. The van der Waals surface area contributed by atoms with Crippen molar-refractivity contribution in [2.75, 3.05) is 44.6 Å². The molecule has 0 atom stereocenters. The maximum absolute atomic E-state index is 13.2. The van der Waals surface area contributed by atoms with Crippen molar-refractivity contribution in [3.8, 4) is 0 Å². The first kappa shape index (κ1) is 34.0. The maximum Gasteiger partial charge on any atom is 0.247 e. The highest BCUT2D eigenvalue weighted by Crippen LogP contribution is 2.28. The number of benzene rings is 1. The zero-order valence-corrected chi connectivity index (χ0v) is 27.8. The lowest BCUT2D eigenvalue weighted by atomic mass is 10.00. The number of allylic oxidation sites excluding steroid dienone is 5. The fourth-order valence-electron chi connectivity index (χ4n) is 5.96. The smallest absolute Gasteiger partial charge is 0.247 e. The van der Waals surface area contributed by atoms with Gasteiger partial charge in [-0.2, -0.15) is 4.98 Å². The Balaban J connectivity index is 1.14. The van der Waals surface area contributed by atoms with Crippen LogP contribution in [0, 0.1) is 0 Å². The van der Waals surface area contributed by atoms with Gasteiger partial charge in [-0.25, -0.2) is 13.3 Å². The third-order valence-corrected chi connectivity index (χ3v) is 8.67. The van der Waals surface area contributed by atoms with E-state index in [9.17, 15) is 13.6 Å². The molecule has 3 aromatic rings. The molecular weight excluding hydrogens is 596 g/mol. The fraction of sp³-hybridized carbons (Fsp3) is 0.432. The number of hydrogen-bond acceptors (Lipinski definition) is 6. The average Bonchev–Trinajstić information content (AvgIpc) is 3.49. The summed E-state index contributed by atoms with van der Waals surface area (Å²) >= 11 is 0. The van der Waals surface area contributed by atoms with Crippen LogP contribution in [0.2, 0.25) is 0 Å². The lowest BCUT2D eigenvalue weighted by molar-refractivity contribution is -0.132. The van der Waals surface area contributed by atoms with E-state index in [4.69, 9.17) is 4.98 Å². The highest BCUT2D eigenvalue weighted by atomic mass is 19.3. The number of alkyl halides is 2. The lowest BCUT2D eigenvalue weighted by Crippen LogP contribution is -2.45. The first-order valence-corrected chi connectivity index (χ1v) is 16.8. The molecule has 5 rings (SSSR count). The van der Waals surface area contributed by atoms with Crippen LogP contribution in [0.4, 0.5) is 20.4 Å². The van der Waals surface area contributed by atoms with E-state index in [1.54, 1.807) is 9.42 Å². The van der Waals surface area contributed by atoms with Crippen molar-refractivity contribution in [1.82, 2.24) is 29.3 Å². The molecule has 1 amide bonds. The van der Waals surface area contributed by atoms with Crippen molar-refractivity contribution in [3.05, 3.63) is 95.9 Å². The van der Waals surface area contributed by atoms with Crippen LogP contribution in [-0.4, -0.2) is 80.4 Å². The number of rotatable bonds is 13. The first-order chi connectivity index (χ1) is 22.7. The van der Waals surface area contributed by atoms with E-state index in [0.717, 1.165) is 68.5 Å². The number of amides is 1. The molecule has 0 aliphatic carbocycles. The molecule has 0 bridgehead atoms. The first-order valence-electron chi connectivity index (χ1n) is 16.8. The normalized spacial score (nSPS) is 16.9. The predicted molar refractivity (Wildman–Crippen MR) is 186 cm³/mol. The number of halogens is 2. The molecule has 4 heterocycles. The molecule has 1 saturated heterocycles. The molecular formula is C37H47F2N7O. The van der Waals surface area contributed by atoms with Crippen LogP contribution in [0.5, 0.6) is 0 Å². The Morgan fingerprint density at radius 1 is 1.04 bits per heavy atom. The molecule has 1 aromatic carbocycles. The molecule has 47 heavy (non-hydrogen) atoms. The van der Waals surface area contributed by atoms with Crippen LogP contribution < -0.4 is 5.32 Å². The Morgan fingerprint density at radius 2 is 1.83 bits per heavy atom. The highest BCUT2D eigenvalue weighted by Gasteiger charge is 2.26. The van der Waals surface area contributed by atoms with Crippen LogP contribution in [0.1, 0.15) is 64.0 Å². The number of unbranched alkanes of at least 4 members (excludes halogenated alkanes) is 1. The predicted octanol–water partition coefficient (Wildman–Crippen LogP) is 7.46. The lowest BCUT2D eigenvalue weighted by Gasteiger charge is -2.36. The van der Waals surface area contributed by atoms with Gasteiger partial charge in [-0.3, -0.25) is 9.69 Å². The average molecular weight is 644 g/mol. The van der Waals surface area contributed by atoms with E-state index in [2.05, 4.69) is 88.7 Å². The summed E-state index contributed by atoms with van der Waals surface area (Å²) in [5.41, 5.74) is 6.22. The molecule has 2 aliphatic rings. The standard InChI is InChI=1S/C37H47F2N7O/c1-4-6-7-8-9-11-32(5-2)44-26-24-43(25-27-44)28-29-13-15-31(16-14-29)40-36-41-35-33(12-10-21-46(35)42-36)30-18-22-45(23-19-30)34(47)17-20-37(3,38)39/h5,7-16,18,21H,4,6,17,19-20,22-28H2,1-3H3,(H,40,42)/b8-7+,11-9-,32-5+. The fourth-order valence-corrected chi connectivity index (χ4v) is 5.96. The van der Waals surface area contributed by atoms with Crippen molar-refractivity contribution in [2.45, 2.75) is 65.3 Å². The number of nitrogens with one attached hydrogen (secondary N) is 1. The summed E-state index contributed by atoms with van der Waals surface area (Å²) in [6.07, 6.45) is 17.1. The molecule has 0 saturated carbocycles. The number of hydrogen-bond donors (Lipinski definition) is 1. The maximum atomic E-state index is 13.2. The summed E-state index contributed by atoms with van der Waals surface area (Å²) in [5, 5.41) is 7.98. The molecule has 0 radical (unpaired) electrons. The minimum Gasteiger partial charge on any atom is -0.369 e. The Kier molecular flexibility index (Phi) is 11.6. The van der Waals surface area contributed by atoms with Crippen molar-refractivity contribution in [3.63, 3.8) is 0 Å². The number of fused-ring (bicyclic) bond motifs is 1. The van der Waals surface area contributed by atoms with Gasteiger partial charge < -0.3 is 15.1 Å². The van der Waals surface area contributed by atoms with E-state index in [-0.39, 0.29) is 12.3 Å². The minimum absolute atomic E-state index is 0.146. The number of aromatic nitrogens is 3. The van der Waals surface area contributed by atoms with E-state index in [1.165, 1.54) is 17.7 Å². The Hall–Kier alpha value is -4.31. The van der Waals surface area contributed by atoms with Gasteiger partial charge >= 0.3 is 0 Å². The van der Waals surface area contributed by atoms with Crippen molar-refractivity contribution >= 4 is 28.8 Å². The van der Waals surface area contributed by atoms with Crippen molar-refractivity contribution in [2.24, 2.45) is 0 Å².